The second kappa shape index (κ2) is 5.28. The molecule has 0 saturated heterocycles. The van der Waals surface area contributed by atoms with Crippen molar-refractivity contribution in [3.8, 4) is 0 Å². The molecule has 17 heavy (non-hydrogen) atoms. The quantitative estimate of drug-likeness (QED) is 0.480. The summed E-state index contributed by atoms with van der Waals surface area (Å²) >= 11 is 0. The number of carboxylic acid groups (broad SMARTS) is 4. The Hall–Kier alpha value is -2.12. The van der Waals surface area contributed by atoms with Crippen molar-refractivity contribution in [2.45, 2.75) is 19.8 Å². The van der Waals surface area contributed by atoms with Gasteiger partial charge >= 0.3 is 23.9 Å². The van der Waals surface area contributed by atoms with Gasteiger partial charge in [0.2, 0.25) is 0 Å². The predicted molar refractivity (Wildman–Crippen MR) is 51.4 cm³/mol. The van der Waals surface area contributed by atoms with Crippen molar-refractivity contribution in [1.82, 2.24) is 0 Å². The lowest BCUT2D eigenvalue weighted by Gasteiger charge is -2.28. The fourth-order valence-electron chi connectivity index (χ4n) is 1.42. The summed E-state index contributed by atoms with van der Waals surface area (Å²) in [5.74, 6) is -8.14. The van der Waals surface area contributed by atoms with Gasteiger partial charge in [-0.15, -0.1) is 0 Å². The second-order valence-electron chi connectivity index (χ2n) is 3.78. The van der Waals surface area contributed by atoms with E-state index in [0.717, 1.165) is 6.92 Å². The van der Waals surface area contributed by atoms with Crippen LogP contribution in [0.5, 0.6) is 0 Å². The lowest BCUT2D eigenvalue weighted by molar-refractivity contribution is -0.168. The van der Waals surface area contributed by atoms with Crippen LogP contribution in [0.3, 0.4) is 0 Å². The minimum atomic E-state index is -2.17. The van der Waals surface area contributed by atoms with Crippen LogP contribution < -0.4 is 0 Å². The van der Waals surface area contributed by atoms with Crippen molar-refractivity contribution in [3.63, 3.8) is 0 Å². The average molecular weight is 248 g/mol. The lowest BCUT2D eigenvalue weighted by Crippen LogP contribution is -2.43. The molecule has 0 aromatic heterocycles. The van der Waals surface area contributed by atoms with E-state index in [1.54, 1.807) is 0 Å². The van der Waals surface area contributed by atoms with Gasteiger partial charge in [-0.25, -0.2) is 0 Å². The minimum Gasteiger partial charge on any atom is -0.481 e. The van der Waals surface area contributed by atoms with Gasteiger partial charge < -0.3 is 20.4 Å². The fraction of sp³-hybridized carbons (Fsp3) is 0.556. The molecule has 8 nitrogen and oxygen atoms in total. The van der Waals surface area contributed by atoms with Crippen molar-refractivity contribution in [2.75, 3.05) is 0 Å². The summed E-state index contributed by atoms with van der Waals surface area (Å²) in [6, 6.07) is 0. The first-order valence-corrected chi connectivity index (χ1v) is 4.51. The van der Waals surface area contributed by atoms with Gasteiger partial charge in [-0.05, 0) is 6.92 Å². The standard InChI is InChI=1S/C9H12O8/c1-9(8(16)17,3-6(12)13)4(7(14)15)2-5(10)11/h4H,2-3H2,1H3,(H,10,11)(H,12,13)(H,14,15)(H,16,17)/t4-,9?/m1/s1. The maximum absolute atomic E-state index is 11.0. The highest BCUT2D eigenvalue weighted by molar-refractivity contribution is 5.89. The molecule has 0 aromatic rings. The summed E-state index contributed by atoms with van der Waals surface area (Å²) in [5, 5.41) is 34.8. The predicted octanol–water partition coefficient (Wildman–Crippen LogP) is -0.273. The Bertz CT molecular complexity index is 360. The molecule has 2 atom stereocenters. The molecule has 0 aliphatic heterocycles. The number of hydrogen-bond donors (Lipinski definition) is 4. The van der Waals surface area contributed by atoms with Crippen LogP contribution in [0.4, 0.5) is 0 Å². The SMILES string of the molecule is CC(CC(=O)O)(C(=O)O)[C@H](CC(=O)O)C(=O)O. The summed E-state index contributed by atoms with van der Waals surface area (Å²) in [6.45, 7) is 0.908. The fourth-order valence-corrected chi connectivity index (χ4v) is 1.42. The molecule has 0 heterocycles. The van der Waals surface area contributed by atoms with Crippen molar-refractivity contribution in [2.24, 2.45) is 11.3 Å². The molecule has 0 radical (unpaired) electrons. The number of carboxylic acids is 4. The zero-order chi connectivity index (χ0) is 13.8. The monoisotopic (exact) mass is 248 g/mol. The van der Waals surface area contributed by atoms with E-state index >= 15 is 0 Å². The maximum atomic E-state index is 11.0. The number of carbonyl (C=O) groups is 4. The number of rotatable bonds is 7. The summed E-state index contributed by atoms with van der Waals surface area (Å²) in [6.07, 6.45) is -1.92. The van der Waals surface area contributed by atoms with Crippen LogP contribution in [0, 0.1) is 11.3 Å². The lowest BCUT2D eigenvalue weighted by atomic mass is 9.73. The Morgan fingerprint density at radius 2 is 1.47 bits per heavy atom. The van der Waals surface area contributed by atoms with E-state index in [-0.39, 0.29) is 0 Å². The molecule has 8 heteroatoms. The molecule has 0 spiro atoms. The average Bonchev–Trinajstić information content (AvgIpc) is 2.11. The Kier molecular flexibility index (Phi) is 4.62. The van der Waals surface area contributed by atoms with Crippen LogP contribution in [0.1, 0.15) is 19.8 Å². The third-order valence-corrected chi connectivity index (χ3v) is 2.45. The van der Waals surface area contributed by atoms with Gasteiger partial charge in [0.15, 0.2) is 0 Å². The van der Waals surface area contributed by atoms with E-state index < -0.39 is 48.1 Å². The normalized spacial score (nSPS) is 15.6. The Morgan fingerprint density at radius 1 is 1.00 bits per heavy atom. The van der Waals surface area contributed by atoms with E-state index in [9.17, 15) is 19.2 Å². The van der Waals surface area contributed by atoms with Crippen LogP contribution in [0.25, 0.3) is 0 Å². The smallest absolute Gasteiger partial charge is 0.310 e. The highest BCUT2D eigenvalue weighted by Gasteiger charge is 2.48. The molecule has 0 aliphatic carbocycles. The van der Waals surface area contributed by atoms with Gasteiger partial charge in [-0.3, -0.25) is 19.2 Å². The summed E-state index contributed by atoms with van der Waals surface area (Å²) < 4.78 is 0. The zero-order valence-electron chi connectivity index (χ0n) is 8.91. The van der Waals surface area contributed by atoms with E-state index in [0.29, 0.717) is 0 Å². The Labute approximate surface area is 95.5 Å². The van der Waals surface area contributed by atoms with Crippen molar-refractivity contribution >= 4 is 23.9 Å². The van der Waals surface area contributed by atoms with Crippen LogP contribution >= 0.6 is 0 Å². The van der Waals surface area contributed by atoms with Gasteiger partial charge in [-0.2, -0.15) is 0 Å². The minimum absolute atomic E-state index is 0.908. The zero-order valence-corrected chi connectivity index (χ0v) is 8.91. The van der Waals surface area contributed by atoms with Gasteiger partial charge in [0.25, 0.3) is 0 Å². The van der Waals surface area contributed by atoms with E-state index in [4.69, 9.17) is 20.4 Å². The topological polar surface area (TPSA) is 149 Å². The molecule has 4 N–H and O–H groups in total. The molecule has 0 amide bonds. The van der Waals surface area contributed by atoms with Gasteiger partial charge in [0, 0.05) is 0 Å². The van der Waals surface area contributed by atoms with E-state index in [1.807, 2.05) is 0 Å². The molecule has 1 unspecified atom stereocenters. The Balaban J connectivity index is 5.36. The molecule has 0 aliphatic rings. The number of hydrogen-bond acceptors (Lipinski definition) is 4. The van der Waals surface area contributed by atoms with Gasteiger partial charge in [0.1, 0.15) is 0 Å². The summed E-state index contributed by atoms with van der Waals surface area (Å²) in [4.78, 5) is 42.8. The highest BCUT2D eigenvalue weighted by Crippen LogP contribution is 2.34. The molecule has 0 bridgehead atoms. The first-order valence-electron chi connectivity index (χ1n) is 4.51. The van der Waals surface area contributed by atoms with Crippen LogP contribution in [0.2, 0.25) is 0 Å². The largest absolute Gasteiger partial charge is 0.481 e. The van der Waals surface area contributed by atoms with Crippen molar-refractivity contribution in [3.05, 3.63) is 0 Å². The van der Waals surface area contributed by atoms with Crippen molar-refractivity contribution in [1.29, 1.82) is 0 Å². The maximum Gasteiger partial charge on any atom is 0.310 e. The van der Waals surface area contributed by atoms with Crippen molar-refractivity contribution < 1.29 is 39.6 Å². The third-order valence-electron chi connectivity index (χ3n) is 2.45. The second-order valence-corrected chi connectivity index (χ2v) is 3.78. The Morgan fingerprint density at radius 3 is 1.71 bits per heavy atom. The van der Waals surface area contributed by atoms with Gasteiger partial charge in [-0.1, -0.05) is 0 Å². The van der Waals surface area contributed by atoms with E-state index in [1.165, 1.54) is 0 Å². The van der Waals surface area contributed by atoms with Crippen LogP contribution in [0.15, 0.2) is 0 Å². The first kappa shape index (κ1) is 14.9. The molecular formula is C9H12O8. The summed E-state index contributed by atoms with van der Waals surface area (Å²) in [7, 11) is 0. The third kappa shape index (κ3) is 3.74. The molecule has 0 aromatic carbocycles. The van der Waals surface area contributed by atoms with Crippen LogP contribution in [-0.2, 0) is 19.2 Å². The molecular weight excluding hydrogens is 236 g/mol. The molecule has 0 rings (SSSR count). The van der Waals surface area contributed by atoms with Crippen LogP contribution in [-0.4, -0.2) is 44.3 Å². The molecule has 0 saturated carbocycles. The van der Waals surface area contributed by atoms with E-state index in [2.05, 4.69) is 0 Å². The summed E-state index contributed by atoms with van der Waals surface area (Å²) in [5.41, 5.74) is -2.17. The first-order chi connectivity index (χ1) is 7.61. The highest BCUT2D eigenvalue weighted by atomic mass is 16.4. The number of aliphatic carboxylic acids is 4. The molecule has 0 fully saturated rings. The molecule has 96 valence electrons. The van der Waals surface area contributed by atoms with Gasteiger partial charge in [0.05, 0.1) is 24.2 Å².